The zero-order valence-electron chi connectivity index (χ0n) is 23.1. The van der Waals surface area contributed by atoms with E-state index in [0.29, 0.717) is 10.2 Å². The standard InChI is InChI=1S/C30H32F3N5O3/c1-29(20-11-6-5-7-12-20,26(39)19-37(4)22-14-10-13-21(17-22)36(2)3)34-28(41)24-18-27(40)38(35-24)25-16-9-8-15-23(25)30(31,32)33/h5-18,26,35,39H,19H2,1-4H3,(H,34,41)/t26-,29+/m1/s1. The van der Waals surface area contributed by atoms with Crippen molar-refractivity contribution in [2.45, 2.75) is 24.7 Å². The number of benzene rings is 3. The van der Waals surface area contributed by atoms with E-state index in [0.717, 1.165) is 29.6 Å². The molecule has 3 aromatic carbocycles. The third-order valence-electron chi connectivity index (χ3n) is 7.06. The molecule has 11 heteroatoms. The molecule has 0 bridgehead atoms. The van der Waals surface area contributed by atoms with Crippen molar-refractivity contribution in [1.29, 1.82) is 0 Å². The first-order chi connectivity index (χ1) is 19.3. The van der Waals surface area contributed by atoms with Gasteiger partial charge in [0.25, 0.3) is 11.5 Å². The lowest BCUT2D eigenvalue weighted by atomic mass is 9.85. The number of alkyl halides is 3. The van der Waals surface area contributed by atoms with Gasteiger partial charge in [-0.1, -0.05) is 48.5 Å². The second-order valence-electron chi connectivity index (χ2n) is 10.2. The third kappa shape index (κ3) is 6.30. The van der Waals surface area contributed by atoms with E-state index < -0.39 is 40.5 Å². The Kier molecular flexibility index (Phi) is 8.29. The number of hydrogen-bond acceptors (Lipinski definition) is 5. The van der Waals surface area contributed by atoms with E-state index in [4.69, 9.17) is 0 Å². The fourth-order valence-electron chi connectivity index (χ4n) is 4.59. The van der Waals surface area contributed by atoms with Gasteiger partial charge in [0.1, 0.15) is 5.69 Å². The SMILES string of the molecule is CN(C)c1cccc(N(C)C[C@@H](O)[C@@](C)(NC(=O)c2cc(=O)n(-c3ccccc3C(F)(F)F)[nH]2)c2ccccc2)c1. The van der Waals surface area contributed by atoms with Crippen LogP contribution < -0.4 is 20.7 Å². The van der Waals surface area contributed by atoms with Gasteiger partial charge in [0.2, 0.25) is 0 Å². The Morgan fingerprint density at radius 3 is 2.24 bits per heavy atom. The van der Waals surface area contributed by atoms with Crippen molar-refractivity contribution in [3.63, 3.8) is 0 Å². The maximum Gasteiger partial charge on any atom is 0.418 e. The molecule has 0 fully saturated rings. The van der Waals surface area contributed by atoms with Gasteiger partial charge in [-0.05, 0) is 42.8 Å². The molecule has 1 heterocycles. The van der Waals surface area contributed by atoms with E-state index in [1.165, 1.54) is 12.1 Å². The minimum atomic E-state index is -4.71. The Balaban J connectivity index is 1.65. The molecule has 3 N–H and O–H groups in total. The summed E-state index contributed by atoms with van der Waals surface area (Å²) < 4.78 is 41.4. The number of halogens is 3. The van der Waals surface area contributed by atoms with Gasteiger partial charge in [0.15, 0.2) is 0 Å². The summed E-state index contributed by atoms with van der Waals surface area (Å²) in [5.41, 5.74) is -1.47. The third-order valence-corrected chi connectivity index (χ3v) is 7.06. The Labute approximate surface area is 235 Å². The van der Waals surface area contributed by atoms with Gasteiger partial charge in [-0.3, -0.25) is 14.7 Å². The molecule has 8 nitrogen and oxygen atoms in total. The number of aromatic nitrogens is 2. The molecule has 2 atom stereocenters. The van der Waals surface area contributed by atoms with Gasteiger partial charge in [-0.25, -0.2) is 4.68 Å². The number of hydrogen-bond donors (Lipinski definition) is 3. The number of aliphatic hydroxyl groups excluding tert-OH is 1. The Morgan fingerprint density at radius 1 is 0.951 bits per heavy atom. The molecule has 0 saturated heterocycles. The Hall–Kier alpha value is -4.51. The minimum absolute atomic E-state index is 0.124. The average molecular weight is 568 g/mol. The van der Waals surface area contributed by atoms with Crippen LogP contribution >= 0.6 is 0 Å². The first-order valence-electron chi connectivity index (χ1n) is 12.8. The summed E-state index contributed by atoms with van der Waals surface area (Å²) in [5, 5.41) is 16.8. The lowest BCUT2D eigenvalue weighted by molar-refractivity contribution is -0.137. The molecule has 0 aliphatic rings. The molecule has 4 aromatic rings. The highest BCUT2D eigenvalue weighted by Crippen LogP contribution is 2.33. The summed E-state index contributed by atoms with van der Waals surface area (Å²) in [5.74, 6) is -0.770. The molecule has 0 aliphatic heterocycles. The van der Waals surface area contributed by atoms with Crippen LogP contribution in [0.1, 0.15) is 28.5 Å². The molecule has 41 heavy (non-hydrogen) atoms. The molecule has 1 amide bonds. The maximum absolute atomic E-state index is 13.6. The van der Waals surface area contributed by atoms with Crippen LogP contribution in [0.5, 0.6) is 0 Å². The highest BCUT2D eigenvalue weighted by molar-refractivity contribution is 5.93. The monoisotopic (exact) mass is 567 g/mol. The number of carbonyl (C=O) groups excluding carboxylic acids is 1. The van der Waals surface area contributed by atoms with E-state index in [1.54, 1.807) is 37.3 Å². The van der Waals surface area contributed by atoms with Crippen LogP contribution in [-0.4, -0.2) is 54.6 Å². The van der Waals surface area contributed by atoms with Crippen LogP contribution in [0.4, 0.5) is 24.5 Å². The largest absolute Gasteiger partial charge is 0.418 e. The highest BCUT2D eigenvalue weighted by Gasteiger charge is 2.38. The predicted octanol–water partition coefficient (Wildman–Crippen LogP) is 4.39. The summed E-state index contributed by atoms with van der Waals surface area (Å²) in [6.45, 7) is 1.78. The summed E-state index contributed by atoms with van der Waals surface area (Å²) in [7, 11) is 5.67. The Bertz CT molecular complexity index is 1570. The van der Waals surface area contributed by atoms with E-state index in [1.807, 2.05) is 55.2 Å². The summed E-state index contributed by atoms with van der Waals surface area (Å²) in [4.78, 5) is 30.0. The zero-order valence-corrected chi connectivity index (χ0v) is 23.1. The summed E-state index contributed by atoms with van der Waals surface area (Å²) in [6.07, 6.45) is -5.85. The fraction of sp³-hybridized carbons (Fsp3) is 0.267. The topological polar surface area (TPSA) is 93.6 Å². The lowest BCUT2D eigenvalue weighted by Gasteiger charge is -2.38. The van der Waals surface area contributed by atoms with Crippen molar-refractivity contribution in [3.05, 3.63) is 112 Å². The van der Waals surface area contributed by atoms with Gasteiger partial charge in [0.05, 0.1) is 22.9 Å². The van der Waals surface area contributed by atoms with Gasteiger partial charge in [-0.15, -0.1) is 0 Å². The van der Waals surface area contributed by atoms with Gasteiger partial charge < -0.3 is 20.2 Å². The van der Waals surface area contributed by atoms with Crippen molar-refractivity contribution < 1.29 is 23.1 Å². The molecular formula is C30H32F3N5O3. The number of nitrogens with one attached hydrogen (secondary N) is 2. The average Bonchev–Trinajstić information content (AvgIpc) is 3.34. The number of likely N-dealkylation sites (N-methyl/N-ethyl adjacent to an activating group) is 1. The minimum Gasteiger partial charge on any atom is -0.388 e. The number of carbonyl (C=O) groups is 1. The van der Waals surface area contributed by atoms with Gasteiger partial charge in [0, 0.05) is 45.1 Å². The van der Waals surface area contributed by atoms with E-state index in [-0.39, 0.29) is 12.2 Å². The number of amides is 1. The number of anilines is 2. The second kappa shape index (κ2) is 11.5. The number of aromatic amines is 1. The normalized spacial score (nSPS) is 13.8. The smallest absolute Gasteiger partial charge is 0.388 e. The first kappa shape index (κ1) is 29.5. The number of para-hydroxylation sites is 1. The molecule has 0 spiro atoms. The highest BCUT2D eigenvalue weighted by atomic mass is 19.4. The van der Waals surface area contributed by atoms with Crippen LogP contribution in [-0.2, 0) is 11.7 Å². The first-order valence-corrected chi connectivity index (χ1v) is 12.8. The van der Waals surface area contributed by atoms with Crippen molar-refractivity contribution in [1.82, 2.24) is 15.1 Å². The molecule has 0 unspecified atom stereocenters. The van der Waals surface area contributed by atoms with Crippen LogP contribution in [0.15, 0.2) is 89.7 Å². The molecule has 0 radical (unpaired) electrons. The molecular weight excluding hydrogens is 535 g/mol. The quantitative estimate of drug-likeness (QED) is 0.279. The van der Waals surface area contributed by atoms with Crippen molar-refractivity contribution in [2.75, 3.05) is 37.5 Å². The summed E-state index contributed by atoms with van der Waals surface area (Å²) in [6, 6.07) is 22.1. The van der Waals surface area contributed by atoms with Crippen molar-refractivity contribution in [3.8, 4) is 5.69 Å². The zero-order chi connectivity index (χ0) is 29.9. The van der Waals surface area contributed by atoms with E-state index in [9.17, 15) is 27.9 Å². The fourth-order valence-corrected chi connectivity index (χ4v) is 4.59. The van der Waals surface area contributed by atoms with Gasteiger partial charge in [-0.2, -0.15) is 13.2 Å². The molecule has 0 aliphatic carbocycles. The lowest BCUT2D eigenvalue weighted by Crippen LogP contribution is -2.55. The maximum atomic E-state index is 13.6. The number of nitrogens with zero attached hydrogens (tertiary/aromatic N) is 3. The molecule has 216 valence electrons. The molecule has 1 aromatic heterocycles. The summed E-state index contributed by atoms with van der Waals surface area (Å²) >= 11 is 0. The Morgan fingerprint density at radius 2 is 1.59 bits per heavy atom. The van der Waals surface area contributed by atoms with Crippen LogP contribution in [0.3, 0.4) is 0 Å². The second-order valence-corrected chi connectivity index (χ2v) is 10.2. The number of aliphatic hydroxyl groups is 1. The van der Waals surface area contributed by atoms with E-state index in [2.05, 4.69) is 10.4 Å². The number of H-pyrrole nitrogens is 1. The van der Waals surface area contributed by atoms with Gasteiger partial charge >= 0.3 is 6.18 Å². The van der Waals surface area contributed by atoms with Crippen LogP contribution in [0, 0.1) is 0 Å². The molecule has 4 rings (SSSR count). The van der Waals surface area contributed by atoms with E-state index >= 15 is 0 Å². The van der Waals surface area contributed by atoms with Crippen LogP contribution in [0.25, 0.3) is 5.69 Å². The van der Waals surface area contributed by atoms with Crippen LogP contribution in [0.2, 0.25) is 0 Å². The number of rotatable bonds is 9. The predicted molar refractivity (Wildman–Crippen MR) is 153 cm³/mol. The molecule has 0 saturated carbocycles. The van der Waals surface area contributed by atoms with Crippen molar-refractivity contribution in [2.24, 2.45) is 0 Å². The van der Waals surface area contributed by atoms with Crippen molar-refractivity contribution >= 4 is 17.3 Å².